The van der Waals surface area contributed by atoms with Gasteiger partial charge in [0.2, 0.25) is 0 Å². The van der Waals surface area contributed by atoms with Gasteiger partial charge in [0.15, 0.2) is 0 Å². The first-order valence-electron chi connectivity index (χ1n) is 12.7. The minimum absolute atomic E-state index is 0.471. The summed E-state index contributed by atoms with van der Waals surface area (Å²) in [7, 11) is 0. The largest absolute Gasteiger partial charge is 0.381 e. The zero-order valence-corrected chi connectivity index (χ0v) is 19.5. The van der Waals surface area contributed by atoms with Crippen molar-refractivity contribution >= 4 is 0 Å². The average molecular weight is 444 g/mol. The molecule has 2 aliphatic rings. The zero-order chi connectivity index (χ0) is 22.8. The van der Waals surface area contributed by atoms with E-state index in [0.717, 1.165) is 43.8 Å². The Morgan fingerprint density at radius 2 is 1.47 bits per heavy atom. The standard InChI is InChI=1S/C28H39F2NO/c1-2-3-16-32-17-4-5-21-8-12-24(13-9-21)25-14-10-22(11-15-25)6-7-23-18-27(29)26(20-31)28(30)19-23/h2,18-19,21-22,24-25H,1,3-17H2. The van der Waals surface area contributed by atoms with Crippen molar-refractivity contribution in [3.8, 4) is 6.07 Å². The number of rotatable bonds is 11. The molecule has 176 valence electrons. The van der Waals surface area contributed by atoms with Crippen LogP contribution in [0.5, 0.6) is 0 Å². The molecule has 0 N–H and O–H groups in total. The van der Waals surface area contributed by atoms with Gasteiger partial charge in [-0.1, -0.05) is 31.8 Å². The van der Waals surface area contributed by atoms with Crippen molar-refractivity contribution in [3.05, 3.63) is 47.5 Å². The second-order valence-corrected chi connectivity index (χ2v) is 9.98. The number of nitriles is 1. The molecule has 0 spiro atoms. The molecule has 0 bridgehead atoms. The van der Waals surface area contributed by atoms with Crippen LogP contribution in [0.25, 0.3) is 0 Å². The molecule has 0 amide bonds. The monoisotopic (exact) mass is 443 g/mol. The quantitative estimate of drug-likeness (QED) is 0.259. The molecule has 32 heavy (non-hydrogen) atoms. The summed E-state index contributed by atoms with van der Waals surface area (Å²) in [6, 6.07) is 4.26. The first-order valence-corrected chi connectivity index (χ1v) is 12.7. The van der Waals surface area contributed by atoms with Crippen LogP contribution in [0.4, 0.5) is 8.78 Å². The van der Waals surface area contributed by atoms with Crippen molar-refractivity contribution in [2.75, 3.05) is 13.2 Å². The fourth-order valence-corrected chi connectivity index (χ4v) is 5.89. The Morgan fingerprint density at radius 1 is 0.906 bits per heavy atom. The second-order valence-electron chi connectivity index (χ2n) is 9.98. The lowest BCUT2D eigenvalue weighted by Gasteiger charge is -2.38. The van der Waals surface area contributed by atoms with Crippen molar-refractivity contribution < 1.29 is 13.5 Å². The summed E-state index contributed by atoms with van der Waals surface area (Å²) in [5.41, 5.74) is 0.200. The third-order valence-corrected chi connectivity index (χ3v) is 7.87. The van der Waals surface area contributed by atoms with Crippen molar-refractivity contribution in [1.29, 1.82) is 5.26 Å². The molecule has 4 heteroatoms. The number of nitrogens with zero attached hydrogens (tertiary/aromatic N) is 1. The van der Waals surface area contributed by atoms with Crippen LogP contribution in [0, 0.1) is 46.6 Å². The van der Waals surface area contributed by atoms with E-state index < -0.39 is 17.2 Å². The summed E-state index contributed by atoms with van der Waals surface area (Å²) >= 11 is 0. The molecule has 1 aromatic carbocycles. The first kappa shape index (κ1) is 24.9. The molecule has 0 heterocycles. The van der Waals surface area contributed by atoms with E-state index in [9.17, 15) is 8.78 Å². The van der Waals surface area contributed by atoms with E-state index in [2.05, 4.69) is 6.58 Å². The number of aryl methyl sites for hydroxylation is 1. The van der Waals surface area contributed by atoms with Crippen LogP contribution in [0.2, 0.25) is 0 Å². The van der Waals surface area contributed by atoms with Gasteiger partial charge in [0.25, 0.3) is 0 Å². The minimum Gasteiger partial charge on any atom is -0.381 e. The summed E-state index contributed by atoms with van der Waals surface area (Å²) in [5.74, 6) is 1.85. The highest BCUT2D eigenvalue weighted by Gasteiger charge is 2.30. The number of hydrogen-bond acceptors (Lipinski definition) is 2. The van der Waals surface area contributed by atoms with Gasteiger partial charge in [-0.2, -0.15) is 5.26 Å². The van der Waals surface area contributed by atoms with Gasteiger partial charge in [0.1, 0.15) is 23.3 Å². The molecule has 1 aromatic rings. The van der Waals surface area contributed by atoms with Crippen molar-refractivity contribution in [1.82, 2.24) is 0 Å². The van der Waals surface area contributed by atoms with Gasteiger partial charge >= 0.3 is 0 Å². The molecule has 0 unspecified atom stereocenters. The lowest BCUT2D eigenvalue weighted by atomic mass is 9.68. The highest BCUT2D eigenvalue weighted by molar-refractivity contribution is 5.35. The van der Waals surface area contributed by atoms with Gasteiger partial charge in [-0.3, -0.25) is 0 Å². The normalized spacial score (nSPS) is 25.9. The summed E-state index contributed by atoms with van der Waals surface area (Å²) in [5, 5.41) is 8.81. The van der Waals surface area contributed by atoms with Crippen molar-refractivity contribution in [3.63, 3.8) is 0 Å². The molecular weight excluding hydrogens is 404 g/mol. The first-order chi connectivity index (χ1) is 15.6. The van der Waals surface area contributed by atoms with Crippen LogP contribution in [0.3, 0.4) is 0 Å². The summed E-state index contributed by atoms with van der Waals surface area (Å²) in [4.78, 5) is 0. The second kappa shape index (κ2) is 13.1. The van der Waals surface area contributed by atoms with E-state index in [4.69, 9.17) is 10.00 Å². The number of ether oxygens (including phenoxy) is 1. The molecular formula is C28H39F2NO. The third-order valence-electron chi connectivity index (χ3n) is 7.87. The molecule has 2 nitrogen and oxygen atoms in total. The Morgan fingerprint density at radius 3 is 2.00 bits per heavy atom. The summed E-state index contributed by atoms with van der Waals surface area (Å²) < 4.78 is 33.3. The Bertz CT molecular complexity index is 732. The molecule has 0 atom stereocenters. The SMILES string of the molecule is C=CCCOCCCC1CCC(C2CCC(CCc3cc(F)c(C#N)c(F)c3)CC2)CC1. The maximum absolute atomic E-state index is 13.8. The molecule has 0 aliphatic heterocycles. The molecule has 0 aromatic heterocycles. The van der Waals surface area contributed by atoms with Crippen molar-refractivity contribution in [2.45, 2.75) is 83.5 Å². The highest BCUT2D eigenvalue weighted by Crippen LogP contribution is 2.43. The number of benzene rings is 1. The van der Waals surface area contributed by atoms with Crippen LogP contribution in [-0.4, -0.2) is 13.2 Å². The zero-order valence-electron chi connectivity index (χ0n) is 19.5. The van der Waals surface area contributed by atoms with Gasteiger partial charge in [0.05, 0.1) is 0 Å². The van der Waals surface area contributed by atoms with E-state index >= 15 is 0 Å². The van der Waals surface area contributed by atoms with Crippen LogP contribution in [0.15, 0.2) is 24.8 Å². The fraction of sp³-hybridized carbons (Fsp3) is 0.679. The van der Waals surface area contributed by atoms with E-state index in [1.165, 1.54) is 76.3 Å². The predicted molar refractivity (Wildman–Crippen MR) is 125 cm³/mol. The summed E-state index contributed by atoms with van der Waals surface area (Å²) in [6.45, 7) is 5.41. The van der Waals surface area contributed by atoms with Crippen molar-refractivity contribution in [2.24, 2.45) is 23.7 Å². The van der Waals surface area contributed by atoms with Crippen LogP contribution >= 0.6 is 0 Å². The molecule has 3 rings (SSSR count). The van der Waals surface area contributed by atoms with Gasteiger partial charge in [-0.25, -0.2) is 8.78 Å². The van der Waals surface area contributed by atoms with E-state index in [1.807, 2.05) is 6.08 Å². The van der Waals surface area contributed by atoms with Gasteiger partial charge in [-0.05, 0) is 99.2 Å². The van der Waals surface area contributed by atoms with E-state index in [0.29, 0.717) is 17.9 Å². The van der Waals surface area contributed by atoms with Crippen LogP contribution in [-0.2, 0) is 11.2 Å². The molecule has 2 aliphatic carbocycles. The number of hydrogen-bond donors (Lipinski definition) is 0. The molecule has 0 saturated heterocycles. The van der Waals surface area contributed by atoms with E-state index in [1.54, 1.807) is 6.07 Å². The molecule has 2 fully saturated rings. The topological polar surface area (TPSA) is 33.0 Å². The highest BCUT2D eigenvalue weighted by atomic mass is 19.1. The average Bonchev–Trinajstić information content (AvgIpc) is 2.81. The van der Waals surface area contributed by atoms with Gasteiger partial charge < -0.3 is 4.74 Å². The number of halogens is 2. The van der Waals surface area contributed by atoms with Gasteiger partial charge in [0, 0.05) is 13.2 Å². The third kappa shape index (κ3) is 7.41. The Labute approximate surface area is 193 Å². The smallest absolute Gasteiger partial charge is 0.144 e. The Hall–Kier alpha value is -1.73. The van der Waals surface area contributed by atoms with E-state index in [-0.39, 0.29) is 0 Å². The van der Waals surface area contributed by atoms with Crippen LogP contribution < -0.4 is 0 Å². The summed E-state index contributed by atoms with van der Waals surface area (Å²) in [6.07, 6.45) is 17.7. The Kier molecular flexibility index (Phi) is 10.2. The predicted octanol–water partition coefficient (Wildman–Crippen LogP) is 7.75. The molecule has 0 radical (unpaired) electrons. The lowest BCUT2D eigenvalue weighted by molar-refractivity contribution is 0.116. The lowest BCUT2D eigenvalue weighted by Crippen LogP contribution is -2.26. The minimum atomic E-state index is -0.734. The molecule has 2 saturated carbocycles. The van der Waals surface area contributed by atoms with Gasteiger partial charge in [-0.15, -0.1) is 6.58 Å². The van der Waals surface area contributed by atoms with Crippen LogP contribution in [0.1, 0.15) is 88.2 Å². The maximum atomic E-state index is 13.8. The Balaban J connectivity index is 1.31. The maximum Gasteiger partial charge on any atom is 0.144 e. The fourth-order valence-electron chi connectivity index (χ4n) is 5.89.